The van der Waals surface area contributed by atoms with E-state index in [1.807, 2.05) is 27.2 Å². The monoisotopic (exact) mass is 226 g/mol. The largest absolute Gasteiger partial charge is 0.307 e. The first-order chi connectivity index (χ1) is 4.00. The molecule has 0 aliphatic carbocycles. The third kappa shape index (κ3) is 484. The number of carbonyl (C=O) groups excluding carboxylic acids is 4. The fourth-order valence-corrected chi connectivity index (χ4v) is 0. The second-order valence-electron chi connectivity index (χ2n) is 0. The van der Waals surface area contributed by atoms with Crippen molar-refractivity contribution in [1.29, 1.82) is 0 Å². The standard InChI is InChI=1S/4CH2O.Pd/c4*1-2;/h4*1H2;. The molecule has 0 saturated carbocycles. The van der Waals surface area contributed by atoms with Crippen LogP contribution in [0.3, 0.4) is 0 Å². The van der Waals surface area contributed by atoms with E-state index in [9.17, 15) is 0 Å². The van der Waals surface area contributed by atoms with E-state index in [1.165, 1.54) is 0 Å². The van der Waals surface area contributed by atoms with Crippen molar-refractivity contribution in [1.82, 2.24) is 0 Å². The van der Waals surface area contributed by atoms with Gasteiger partial charge in [-0.2, -0.15) is 0 Å². The minimum atomic E-state index is 0. The van der Waals surface area contributed by atoms with Crippen LogP contribution in [0.1, 0.15) is 0 Å². The Morgan fingerprint density at radius 3 is 0.444 bits per heavy atom. The molecule has 0 N–H and O–H groups in total. The van der Waals surface area contributed by atoms with Crippen LogP contribution >= 0.6 is 0 Å². The third-order valence-corrected chi connectivity index (χ3v) is 0. The summed E-state index contributed by atoms with van der Waals surface area (Å²) >= 11 is 0. The van der Waals surface area contributed by atoms with Crippen molar-refractivity contribution in [2.24, 2.45) is 0 Å². The van der Waals surface area contributed by atoms with E-state index >= 15 is 0 Å². The van der Waals surface area contributed by atoms with Gasteiger partial charge in [0.1, 0.15) is 27.2 Å². The zero-order valence-corrected chi connectivity index (χ0v) is 6.33. The van der Waals surface area contributed by atoms with Crippen LogP contribution in [0.15, 0.2) is 0 Å². The molecular weight excluding hydrogens is 218 g/mol. The van der Waals surface area contributed by atoms with Crippen molar-refractivity contribution in [2.75, 3.05) is 0 Å². The second kappa shape index (κ2) is 683. The fourth-order valence-electron chi connectivity index (χ4n) is 0. The van der Waals surface area contributed by atoms with Crippen LogP contribution in [0.5, 0.6) is 0 Å². The summed E-state index contributed by atoms with van der Waals surface area (Å²) in [6.07, 6.45) is 0. The summed E-state index contributed by atoms with van der Waals surface area (Å²) in [5.74, 6) is 0. The summed E-state index contributed by atoms with van der Waals surface area (Å²) in [6, 6.07) is 0. The van der Waals surface area contributed by atoms with Gasteiger partial charge in [0.15, 0.2) is 0 Å². The van der Waals surface area contributed by atoms with E-state index in [1.54, 1.807) is 0 Å². The van der Waals surface area contributed by atoms with Crippen LogP contribution in [0.2, 0.25) is 0 Å². The van der Waals surface area contributed by atoms with Gasteiger partial charge in [-0.3, -0.25) is 0 Å². The number of rotatable bonds is 0. The van der Waals surface area contributed by atoms with Crippen molar-refractivity contribution in [3.63, 3.8) is 0 Å². The zero-order chi connectivity index (χ0) is 8.00. The van der Waals surface area contributed by atoms with Crippen molar-refractivity contribution >= 4 is 27.2 Å². The zero-order valence-electron chi connectivity index (χ0n) is 4.78. The van der Waals surface area contributed by atoms with E-state index in [0.717, 1.165) is 0 Å². The minimum absolute atomic E-state index is 0. The third-order valence-electron chi connectivity index (χ3n) is 0. The van der Waals surface area contributed by atoms with Crippen LogP contribution in [0, 0.1) is 0 Å². The Morgan fingerprint density at radius 2 is 0.444 bits per heavy atom. The Kier molecular flexibility index (Phi) is 3050. The molecule has 0 atom stereocenters. The van der Waals surface area contributed by atoms with E-state index < -0.39 is 0 Å². The van der Waals surface area contributed by atoms with Gasteiger partial charge < -0.3 is 19.2 Å². The van der Waals surface area contributed by atoms with Gasteiger partial charge in [-0.25, -0.2) is 0 Å². The Bertz CT molecular complexity index is 20.5. The molecule has 0 bridgehead atoms. The van der Waals surface area contributed by atoms with Crippen molar-refractivity contribution in [2.45, 2.75) is 0 Å². The summed E-state index contributed by atoms with van der Waals surface area (Å²) < 4.78 is 0. The SMILES string of the molecule is C=O.C=O.C=O.C=O.[Pd]. The van der Waals surface area contributed by atoms with Gasteiger partial charge >= 0.3 is 0 Å². The smallest absolute Gasteiger partial charge is 0.106 e. The maximum Gasteiger partial charge on any atom is 0.106 e. The van der Waals surface area contributed by atoms with E-state index in [2.05, 4.69) is 0 Å². The normalized spacial score (nSPS) is 1.78. The molecule has 5 heteroatoms. The maximum atomic E-state index is 8.00. The van der Waals surface area contributed by atoms with Crippen molar-refractivity contribution < 1.29 is 39.6 Å². The molecule has 0 aromatic heterocycles. The average molecular weight is 227 g/mol. The van der Waals surface area contributed by atoms with Crippen LogP contribution in [0.25, 0.3) is 0 Å². The number of hydrogen-bond acceptors (Lipinski definition) is 4. The van der Waals surface area contributed by atoms with Crippen LogP contribution in [0.4, 0.5) is 0 Å². The summed E-state index contributed by atoms with van der Waals surface area (Å²) in [7, 11) is 0. The summed E-state index contributed by atoms with van der Waals surface area (Å²) in [5.41, 5.74) is 0. The molecule has 0 saturated heterocycles. The maximum absolute atomic E-state index is 8.00. The van der Waals surface area contributed by atoms with E-state index in [0.29, 0.717) is 0 Å². The quantitative estimate of drug-likeness (QED) is 0.510. The first-order valence-corrected chi connectivity index (χ1v) is 1.15. The molecule has 0 unspecified atom stereocenters. The van der Waals surface area contributed by atoms with Crippen molar-refractivity contribution in [3.05, 3.63) is 0 Å². The molecule has 58 valence electrons. The molecule has 4 nitrogen and oxygen atoms in total. The molecular formula is C4H8O4Pd. The molecule has 0 amide bonds. The summed E-state index contributed by atoms with van der Waals surface area (Å²) in [6.45, 7) is 8.00. The molecule has 9 heavy (non-hydrogen) atoms. The minimum Gasteiger partial charge on any atom is -0.307 e. The van der Waals surface area contributed by atoms with Gasteiger partial charge in [-0.15, -0.1) is 0 Å². The molecule has 0 aliphatic heterocycles. The van der Waals surface area contributed by atoms with Crippen LogP contribution in [-0.4, -0.2) is 27.2 Å². The molecule has 0 spiro atoms. The second-order valence-corrected chi connectivity index (χ2v) is 0. The van der Waals surface area contributed by atoms with Gasteiger partial charge in [0.25, 0.3) is 0 Å². The molecule has 0 fully saturated rings. The number of hydrogen-bond donors (Lipinski definition) is 0. The summed E-state index contributed by atoms with van der Waals surface area (Å²) in [5, 5.41) is 0. The Morgan fingerprint density at radius 1 is 0.444 bits per heavy atom. The Hall–Kier alpha value is -0.658. The first-order valence-electron chi connectivity index (χ1n) is 1.15. The predicted molar refractivity (Wildman–Crippen MR) is 28.5 cm³/mol. The molecule has 0 heterocycles. The Balaban J connectivity index is -0.00000000762. The molecule has 0 radical (unpaired) electrons. The van der Waals surface area contributed by atoms with E-state index in [-0.39, 0.29) is 20.4 Å². The average Bonchev–Trinajstić information content (AvgIpc) is 2.03. The molecule has 0 aliphatic rings. The Labute approximate surface area is 67.3 Å². The van der Waals surface area contributed by atoms with Crippen molar-refractivity contribution in [3.8, 4) is 0 Å². The fraction of sp³-hybridized carbons (Fsp3) is 0. The van der Waals surface area contributed by atoms with Crippen LogP contribution < -0.4 is 0 Å². The van der Waals surface area contributed by atoms with Gasteiger partial charge in [0, 0.05) is 20.4 Å². The van der Waals surface area contributed by atoms with Gasteiger partial charge in [0.2, 0.25) is 0 Å². The first kappa shape index (κ1) is 40.3. The topological polar surface area (TPSA) is 68.3 Å². The predicted octanol–water partition coefficient (Wildman–Crippen LogP) is -0.742. The van der Waals surface area contributed by atoms with E-state index in [4.69, 9.17) is 19.2 Å². The number of carbonyl (C=O) groups is 4. The van der Waals surface area contributed by atoms with Gasteiger partial charge in [0.05, 0.1) is 0 Å². The van der Waals surface area contributed by atoms with Gasteiger partial charge in [-0.05, 0) is 0 Å². The van der Waals surface area contributed by atoms with Gasteiger partial charge in [-0.1, -0.05) is 0 Å². The van der Waals surface area contributed by atoms with Crippen LogP contribution in [-0.2, 0) is 39.6 Å². The molecule has 0 aromatic rings. The molecule has 0 aromatic carbocycles. The summed E-state index contributed by atoms with van der Waals surface area (Å²) in [4.78, 5) is 32.0. The molecule has 0 rings (SSSR count).